The molecule has 0 saturated carbocycles. The Bertz CT molecular complexity index is 210. The van der Waals surface area contributed by atoms with E-state index in [1.807, 2.05) is 13.8 Å². The summed E-state index contributed by atoms with van der Waals surface area (Å²) < 4.78 is 58.9. The summed E-state index contributed by atoms with van der Waals surface area (Å²) in [6.45, 7) is 6.03. The second kappa shape index (κ2) is 6.17. The van der Waals surface area contributed by atoms with E-state index in [9.17, 15) is 13.2 Å². The van der Waals surface area contributed by atoms with Gasteiger partial charge in [0, 0.05) is 0 Å². The highest BCUT2D eigenvalue weighted by Crippen LogP contribution is 2.20. The number of rotatable bonds is 2. The minimum absolute atomic E-state index is 0.969. The molecule has 0 aliphatic rings. The van der Waals surface area contributed by atoms with Gasteiger partial charge in [-0.2, -0.15) is 13.2 Å². The molecule has 0 fully saturated rings. The van der Waals surface area contributed by atoms with E-state index >= 15 is 0 Å². The summed E-state index contributed by atoms with van der Waals surface area (Å²) in [5.74, 6) is 0. The van der Waals surface area contributed by atoms with Crippen LogP contribution in [0.25, 0.3) is 0 Å². The van der Waals surface area contributed by atoms with Crippen LogP contribution in [0.4, 0.5) is 13.2 Å². The number of hydrogen-bond acceptors (Lipinski definition) is 3. The molecule has 0 saturated heterocycles. The highest BCUT2D eigenvalue weighted by Gasteiger charge is 2.36. The van der Waals surface area contributed by atoms with Crippen LogP contribution in [-0.4, -0.2) is 31.6 Å². The maximum absolute atomic E-state index is 10.7. The van der Waals surface area contributed by atoms with Crippen molar-refractivity contribution in [3.05, 3.63) is 0 Å². The van der Waals surface area contributed by atoms with Crippen molar-refractivity contribution in [1.82, 2.24) is 5.32 Å². The third kappa shape index (κ3) is 9.57. The standard InChI is InChI=1S/C4H10N.CHF3O3S/c1-3-5-4-2;2-1(3,4)8(5,6)7/h3-4H2,1-2H3;(H,5,6,7)/q+1;/p-1. The van der Waals surface area contributed by atoms with Gasteiger partial charge in [-0.15, -0.1) is 0 Å². The minimum Gasteiger partial charge on any atom is -0.741 e. The minimum atomic E-state index is -6.09. The van der Waals surface area contributed by atoms with Crippen molar-refractivity contribution >= 4 is 10.1 Å². The van der Waals surface area contributed by atoms with Crippen LogP contribution in [0.5, 0.6) is 0 Å². The summed E-state index contributed by atoms with van der Waals surface area (Å²) >= 11 is 0. The highest BCUT2D eigenvalue weighted by atomic mass is 32.2. The van der Waals surface area contributed by atoms with Gasteiger partial charge in [-0.05, 0) is 13.8 Å². The molecule has 2 radical (unpaired) electrons. The average molecular weight is 221 g/mol. The van der Waals surface area contributed by atoms with Crippen LogP contribution < -0.4 is 5.32 Å². The van der Waals surface area contributed by atoms with Crippen molar-refractivity contribution in [3.63, 3.8) is 0 Å². The van der Waals surface area contributed by atoms with E-state index in [2.05, 4.69) is 5.32 Å². The summed E-state index contributed by atoms with van der Waals surface area (Å²) in [6.07, 6.45) is 0. The normalized spacial score (nSPS) is 11.8. The van der Waals surface area contributed by atoms with E-state index in [1.165, 1.54) is 0 Å². The fourth-order valence-corrected chi connectivity index (χ4v) is 0.224. The molecule has 0 N–H and O–H groups in total. The van der Waals surface area contributed by atoms with Crippen molar-refractivity contribution in [2.45, 2.75) is 19.4 Å². The summed E-state index contributed by atoms with van der Waals surface area (Å²) in [6, 6.07) is 0. The summed E-state index contributed by atoms with van der Waals surface area (Å²) in [5.41, 5.74) is -5.65. The Kier molecular flexibility index (Phi) is 7.18. The Morgan fingerprint density at radius 3 is 1.46 bits per heavy atom. The first-order chi connectivity index (χ1) is 5.66. The first-order valence-electron chi connectivity index (χ1n) is 3.32. The molecule has 0 rings (SSSR count). The molecular formula is C5H10F3NO3S. The van der Waals surface area contributed by atoms with Gasteiger partial charge in [0.25, 0.3) is 0 Å². The summed E-state index contributed by atoms with van der Waals surface area (Å²) in [4.78, 5) is 0. The summed E-state index contributed by atoms with van der Waals surface area (Å²) in [5, 5.41) is 3.97. The first-order valence-corrected chi connectivity index (χ1v) is 4.73. The lowest BCUT2D eigenvalue weighted by molar-refractivity contribution is -0.0517. The fraction of sp³-hybridized carbons (Fsp3) is 1.00. The lowest BCUT2D eigenvalue weighted by atomic mass is 10.7. The molecule has 0 aromatic carbocycles. The molecule has 8 heteroatoms. The van der Waals surface area contributed by atoms with E-state index in [1.54, 1.807) is 0 Å². The van der Waals surface area contributed by atoms with Crippen LogP contribution in [0.2, 0.25) is 0 Å². The largest absolute Gasteiger partial charge is 0.741 e. The maximum atomic E-state index is 10.7. The average Bonchev–Trinajstić information content (AvgIpc) is 1.85. The predicted molar refractivity (Wildman–Crippen MR) is 39.0 cm³/mol. The van der Waals surface area contributed by atoms with Gasteiger partial charge in [0.2, 0.25) is 0 Å². The zero-order chi connectivity index (χ0) is 11.1. The van der Waals surface area contributed by atoms with Gasteiger partial charge in [-0.3, -0.25) is 0 Å². The van der Waals surface area contributed by atoms with Gasteiger partial charge in [0.15, 0.2) is 23.2 Å². The Hall–Kier alpha value is -0.340. The molecule has 0 heterocycles. The van der Waals surface area contributed by atoms with Gasteiger partial charge in [0.05, 0.1) is 5.32 Å². The fourth-order valence-electron chi connectivity index (χ4n) is 0.224. The lowest BCUT2D eigenvalue weighted by Gasteiger charge is -2.08. The second-order valence-electron chi connectivity index (χ2n) is 1.76. The number of hydrogen-bond donors (Lipinski definition) is 0. The van der Waals surface area contributed by atoms with Crippen LogP contribution in [0.1, 0.15) is 13.8 Å². The van der Waals surface area contributed by atoms with E-state index in [-0.39, 0.29) is 0 Å². The van der Waals surface area contributed by atoms with Gasteiger partial charge < -0.3 is 4.55 Å². The molecular weight excluding hydrogens is 211 g/mol. The molecule has 0 aliphatic carbocycles. The Morgan fingerprint density at radius 2 is 1.46 bits per heavy atom. The summed E-state index contributed by atoms with van der Waals surface area (Å²) in [7, 11) is -6.09. The van der Waals surface area contributed by atoms with Gasteiger partial charge >= 0.3 is 5.51 Å². The maximum Gasteiger partial charge on any atom is 0.485 e. The molecule has 4 nitrogen and oxygen atoms in total. The second-order valence-corrected chi connectivity index (χ2v) is 3.13. The Labute approximate surface area is 74.9 Å². The number of halogens is 3. The highest BCUT2D eigenvalue weighted by molar-refractivity contribution is 7.86. The predicted octanol–water partition coefficient (Wildman–Crippen LogP) is 0.682. The van der Waals surface area contributed by atoms with E-state index < -0.39 is 15.6 Å². The van der Waals surface area contributed by atoms with Crippen molar-refractivity contribution < 1.29 is 26.1 Å². The quantitative estimate of drug-likeness (QED) is 0.508. The number of alkyl halides is 3. The van der Waals surface area contributed by atoms with Gasteiger partial charge in [0.1, 0.15) is 0 Å². The monoisotopic (exact) mass is 221 g/mol. The molecule has 0 spiro atoms. The zero-order valence-electron chi connectivity index (χ0n) is 7.13. The molecule has 0 bridgehead atoms. The van der Waals surface area contributed by atoms with Crippen molar-refractivity contribution in [3.8, 4) is 0 Å². The van der Waals surface area contributed by atoms with E-state index in [4.69, 9.17) is 13.0 Å². The molecule has 80 valence electrons. The lowest BCUT2D eigenvalue weighted by Crippen LogP contribution is -2.21. The van der Waals surface area contributed by atoms with Crippen molar-refractivity contribution in [1.29, 1.82) is 0 Å². The van der Waals surface area contributed by atoms with E-state index in [0.717, 1.165) is 13.1 Å². The third-order valence-electron chi connectivity index (χ3n) is 0.731. The van der Waals surface area contributed by atoms with Crippen LogP contribution in [0.3, 0.4) is 0 Å². The smallest absolute Gasteiger partial charge is 0.485 e. The molecule has 13 heavy (non-hydrogen) atoms. The van der Waals surface area contributed by atoms with Crippen LogP contribution in [0.15, 0.2) is 0 Å². The molecule has 0 atom stereocenters. The molecule has 0 unspecified atom stereocenters. The Morgan fingerprint density at radius 1 is 1.23 bits per heavy atom. The molecule has 0 aliphatic heterocycles. The molecule has 0 amide bonds. The number of nitrogens with zero attached hydrogens (tertiary/aromatic N) is 1. The third-order valence-corrected chi connectivity index (χ3v) is 1.30. The van der Waals surface area contributed by atoms with Gasteiger partial charge in [-0.25, -0.2) is 8.42 Å². The van der Waals surface area contributed by atoms with Crippen LogP contribution >= 0.6 is 0 Å². The Balaban J connectivity index is 0. The zero-order valence-corrected chi connectivity index (χ0v) is 7.94. The molecule has 0 aromatic rings. The van der Waals surface area contributed by atoms with Crippen molar-refractivity contribution in [2.75, 3.05) is 13.1 Å². The van der Waals surface area contributed by atoms with E-state index in [0.29, 0.717) is 0 Å². The van der Waals surface area contributed by atoms with Crippen LogP contribution in [-0.2, 0) is 10.1 Å². The van der Waals surface area contributed by atoms with Crippen LogP contribution in [0, 0.1) is 0 Å². The first kappa shape index (κ1) is 15.1. The topological polar surface area (TPSA) is 71.3 Å². The SMILES string of the molecule is CC[N+]CC.O=S(=O)([O-])C(F)(F)F. The van der Waals surface area contributed by atoms with Gasteiger partial charge in [-0.1, -0.05) is 0 Å². The molecule has 0 aromatic heterocycles. The van der Waals surface area contributed by atoms with Crippen molar-refractivity contribution in [2.24, 2.45) is 0 Å².